The van der Waals surface area contributed by atoms with Gasteiger partial charge in [-0.15, -0.1) is 0 Å². The molecule has 0 saturated heterocycles. The fourth-order valence-electron chi connectivity index (χ4n) is 5.22. The van der Waals surface area contributed by atoms with Crippen LogP contribution in [-0.2, 0) is 37.1 Å². The molecule has 266 valence electrons. The Balaban J connectivity index is 0.000000674. The first-order chi connectivity index (χ1) is 21.9. The van der Waals surface area contributed by atoms with Gasteiger partial charge in [0, 0.05) is 0 Å². The van der Waals surface area contributed by atoms with Gasteiger partial charge in [-0.3, -0.25) is 0 Å². The largest absolute Gasteiger partial charge is 0.822 e. The maximum atomic E-state index is 8.55. The molecular formula is C42H63Ca3O4P. The van der Waals surface area contributed by atoms with Gasteiger partial charge in [0.1, 0.15) is 0 Å². The van der Waals surface area contributed by atoms with Crippen LogP contribution < -0.4 is 19.7 Å². The smallest absolute Gasteiger partial charge is 0.159 e. The molecule has 50 heavy (non-hydrogen) atoms. The molecule has 0 spiro atoms. The average Bonchev–Trinajstić information content (AvgIpc) is 2.85. The Labute approximate surface area is 379 Å². The zero-order valence-electron chi connectivity index (χ0n) is 34.9. The van der Waals surface area contributed by atoms with Crippen molar-refractivity contribution in [2.45, 2.75) is 157 Å². The van der Waals surface area contributed by atoms with Crippen LogP contribution in [0.4, 0.5) is 0 Å². The van der Waals surface area contributed by atoms with Crippen molar-refractivity contribution in [3.8, 4) is 0 Å². The molecule has 0 atom stereocenters. The van der Waals surface area contributed by atoms with Crippen molar-refractivity contribution in [3.63, 3.8) is 0 Å². The molecule has 0 aliphatic heterocycles. The van der Waals surface area contributed by atoms with E-state index in [4.69, 9.17) is 19.2 Å². The van der Waals surface area contributed by atoms with E-state index in [1.807, 2.05) is 0 Å². The van der Waals surface area contributed by atoms with E-state index in [1.165, 1.54) is 146 Å². The van der Waals surface area contributed by atoms with Gasteiger partial charge in [-0.2, -0.15) is 7.82 Å². The van der Waals surface area contributed by atoms with E-state index in [1.54, 1.807) is 0 Å². The second kappa shape index (κ2) is 19.6. The summed E-state index contributed by atoms with van der Waals surface area (Å²) in [5.74, 6) is 0. The van der Waals surface area contributed by atoms with Crippen LogP contribution in [0.2, 0.25) is 0 Å². The van der Waals surface area contributed by atoms with Crippen LogP contribution in [0.5, 0.6) is 0 Å². The monoisotopic (exact) mass is 782 g/mol. The first kappa shape index (κ1) is 51.5. The van der Waals surface area contributed by atoms with Crippen LogP contribution in [0, 0.1) is 0 Å². The minimum atomic E-state index is -5.39. The molecule has 0 bridgehead atoms. The van der Waals surface area contributed by atoms with Crippen LogP contribution in [0.3, 0.4) is 0 Å². The van der Waals surface area contributed by atoms with E-state index in [2.05, 4.69) is 179 Å². The van der Waals surface area contributed by atoms with Gasteiger partial charge in [-0.25, -0.2) is 0 Å². The molecular weight excluding hydrogens is 720 g/mol. The van der Waals surface area contributed by atoms with Gasteiger partial charge in [0.15, 0.2) is 0 Å². The van der Waals surface area contributed by atoms with Crippen molar-refractivity contribution in [1.29, 1.82) is 0 Å². The van der Waals surface area contributed by atoms with Crippen LogP contribution in [0.1, 0.15) is 158 Å². The summed E-state index contributed by atoms with van der Waals surface area (Å²) in [4.78, 5) is 25.6. The molecule has 0 aromatic heterocycles. The SMILES string of the molecule is CC(C)(C)c1cc[c]([Ca+])c(C(C)(C)C)c1.CC(C)(C)c1cc[c]([Ca+])c(C(C)(C)C)c1.CC(C)(C)c1cc[c]([Ca+])c(C(C)(C)C)c1.O=P([O-])([O-])[O-]. The molecule has 3 aromatic rings. The van der Waals surface area contributed by atoms with Gasteiger partial charge in [-0.05, 0) is 0 Å². The van der Waals surface area contributed by atoms with E-state index in [0.717, 1.165) is 0 Å². The molecule has 0 saturated carbocycles. The van der Waals surface area contributed by atoms with Crippen LogP contribution in [-0.4, -0.2) is 107 Å². The normalized spacial score (nSPS) is 12.9. The third-order valence-electron chi connectivity index (χ3n) is 8.35. The van der Waals surface area contributed by atoms with Gasteiger partial charge in [-0.1, -0.05) is 0 Å². The van der Waals surface area contributed by atoms with Crippen molar-refractivity contribution in [2.75, 3.05) is 0 Å². The Morgan fingerprint density at radius 1 is 0.380 bits per heavy atom. The zero-order valence-corrected chi connectivity index (χ0v) is 42.4. The Bertz CT molecular complexity index is 1400. The zero-order chi connectivity index (χ0) is 40.1. The Hall–Kier alpha value is 1.55. The molecule has 0 unspecified atom stereocenters. The van der Waals surface area contributed by atoms with E-state index in [9.17, 15) is 0 Å². The fourth-order valence-corrected chi connectivity index (χ4v) is 8.74. The Kier molecular flexibility index (Phi) is 20.2. The molecule has 0 heterocycles. The van der Waals surface area contributed by atoms with Gasteiger partial charge in [0.25, 0.3) is 0 Å². The number of rotatable bonds is 0. The summed E-state index contributed by atoms with van der Waals surface area (Å²) in [6.07, 6.45) is 0. The number of hydrogen-bond acceptors (Lipinski definition) is 4. The van der Waals surface area contributed by atoms with Crippen LogP contribution in [0.25, 0.3) is 0 Å². The number of phosphoric acid groups is 1. The average molecular weight is 783 g/mol. The second-order valence-electron chi connectivity index (χ2n) is 19.6. The third kappa shape index (κ3) is 19.9. The molecule has 0 amide bonds. The van der Waals surface area contributed by atoms with Gasteiger partial charge >= 0.3 is 357 Å². The summed E-state index contributed by atoms with van der Waals surface area (Å²) in [5, 5.41) is 0. The quantitative estimate of drug-likeness (QED) is 0.195. The van der Waals surface area contributed by atoms with E-state index >= 15 is 0 Å². The van der Waals surface area contributed by atoms with E-state index < -0.39 is 7.82 Å². The summed E-state index contributed by atoms with van der Waals surface area (Å²) in [6.45, 7) is 41.2. The summed E-state index contributed by atoms with van der Waals surface area (Å²) < 4.78 is 13.1. The molecule has 4 nitrogen and oxygen atoms in total. The van der Waals surface area contributed by atoms with Crippen molar-refractivity contribution in [1.82, 2.24) is 0 Å². The molecule has 0 radical (unpaired) electrons. The van der Waals surface area contributed by atoms with Gasteiger partial charge < -0.3 is 19.2 Å². The standard InChI is InChI=1S/3C14H21.3Ca.H3O4P/c3*1-13(2,3)11-8-7-9-12(10-11)14(4,5)6;;;;1-5(2,3)4/h3*7-8,10H,1-6H3;;;;(H3,1,2,3,4)/q;;;3*+1;/p-3. The Morgan fingerprint density at radius 3 is 0.660 bits per heavy atom. The molecule has 0 fully saturated rings. The minimum Gasteiger partial charge on any atom is -0.822 e. The predicted octanol–water partition coefficient (Wildman–Crippen LogP) is 6.40. The maximum absolute atomic E-state index is 8.55. The van der Waals surface area contributed by atoms with Gasteiger partial charge in [0.05, 0.1) is 0 Å². The molecule has 3 aromatic carbocycles. The molecule has 3 rings (SSSR count). The van der Waals surface area contributed by atoms with Gasteiger partial charge in [0.2, 0.25) is 0 Å². The molecule has 0 aliphatic rings. The van der Waals surface area contributed by atoms with Crippen molar-refractivity contribution in [2.24, 2.45) is 0 Å². The number of hydrogen-bond donors (Lipinski definition) is 0. The van der Waals surface area contributed by atoms with Crippen LogP contribution >= 0.6 is 7.82 Å². The third-order valence-corrected chi connectivity index (χ3v) is 11.2. The molecule has 8 heteroatoms. The topological polar surface area (TPSA) is 86.2 Å². The molecule has 0 N–H and O–H groups in total. The minimum absolute atomic E-state index is 0.258. The second-order valence-corrected chi connectivity index (χ2v) is 24.0. The first-order valence-electron chi connectivity index (χ1n) is 17.5. The Morgan fingerprint density at radius 2 is 0.540 bits per heavy atom. The first-order valence-corrected chi connectivity index (χ1v) is 22.3. The van der Waals surface area contributed by atoms with E-state index in [0.29, 0.717) is 0 Å². The predicted molar refractivity (Wildman–Crippen MR) is 215 cm³/mol. The van der Waals surface area contributed by atoms with Crippen molar-refractivity contribution < 1.29 is 19.2 Å². The summed E-state index contributed by atoms with van der Waals surface area (Å²) in [7, 11) is -5.39. The molecule has 0 aliphatic carbocycles. The van der Waals surface area contributed by atoms with Crippen LogP contribution in [0.15, 0.2) is 54.6 Å². The number of benzene rings is 3. The summed E-state index contributed by atoms with van der Waals surface area (Å²) >= 11 is 3.74. The van der Waals surface area contributed by atoms with Crippen molar-refractivity contribution >= 4 is 120 Å². The maximum Gasteiger partial charge on any atom is -0.159 e. The summed E-state index contributed by atoms with van der Waals surface area (Å²) in [5.41, 5.74) is 10.5. The van der Waals surface area contributed by atoms with Crippen molar-refractivity contribution in [3.05, 3.63) is 88.0 Å². The summed E-state index contributed by atoms with van der Waals surface area (Å²) in [6, 6.07) is 21.0. The van der Waals surface area contributed by atoms with E-state index in [-0.39, 0.29) is 32.5 Å². The fraction of sp³-hybridized carbons (Fsp3) is 0.571.